The minimum Gasteiger partial charge on any atom is -0.350 e. The second kappa shape index (κ2) is 10.0. The second-order valence-electron chi connectivity index (χ2n) is 7.03. The smallest absolute Gasteiger partial charge is 0.239 e. The number of nitrogens with two attached hydrogens (primary N) is 1. The summed E-state index contributed by atoms with van der Waals surface area (Å²) in [5.74, 6) is -0.551. The zero-order chi connectivity index (χ0) is 20.1. The van der Waals surface area contributed by atoms with Gasteiger partial charge in [0.1, 0.15) is 6.33 Å². The molecule has 0 radical (unpaired) electrons. The Kier molecular flexibility index (Phi) is 7.75. The third-order valence-electron chi connectivity index (χ3n) is 4.60. The van der Waals surface area contributed by atoms with Crippen LogP contribution in [0.15, 0.2) is 54.9 Å². The van der Waals surface area contributed by atoms with Crippen LogP contribution < -0.4 is 16.4 Å². The minimum atomic E-state index is -0.611. The Labute approximate surface area is 176 Å². The number of carbonyl (C=O) groups is 2. The van der Waals surface area contributed by atoms with Gasteiger partial charge in [0.25, 0.3) is 0 Å². The van der Waals surface area contributed by atoms with Crippen molar-refractivity contribution in [3.8, 4) is 5.69 Å². The van der Waals surface area contributed by atoms with Gasteiger partial charge >= 0.3 is 0 Å². The number of aromatic nitrogens is 2. The van der Waals surface area contributed by atoms with Gasteiger partial charge in [0.05, 0.1) is 23.6 Å². The molecular weight excluding hydrogens is 390 g/mol. The van der Waals surface area contributed by atoms with Crippen molar-refractivity contribution in [3.63, 3.8) is 0 Å². The highest BCUT2D eigenvalue weighted by Gasteiger charge is 2.17. The number of nitrogens with one attached hydrogen (secondary N) is 2. The molecule has 2 amide bonds. The molecule has 3 rings (SSSR count). The average Bonchev–Trinajstić information content (AvgIpc) is 3.14. The molecule has 0 aliphatic rings. The van der Waals surface area contributed by atoms with E-state index in [1.165, 1.54) is 0 Å². The van der Waals surface area contributed by atoms with E-state index in [0.717, 1.165) is 22.3 Å². The number of hydrogen-bond acceptors (Lipinski definition) is 4. The summed E-state index contributed by atoms with van der Waals surface area (Å²) >= 11 is 0. The zero-order valence-corrected chi connectivity index (χ0v) is 17.3. The monoisotopic (exact) mass is 415 g/mol. The molecule has 0 saturated heterocycles. The molecule has 29 heavy (non-hydrogen) atoms. The summed E-state index contributed by atoms with van der Waals surface area (Å²) < 4.78 is 2.02. The lowest BCUT2D eigenvalue weighted by molar-refractivity contribution is -0.127. The molecule has 0 aliphatic carbocycles. The first-order chi connectivity index (χ1) is 13.5. The van der Waals surface area contributed by atoms with Crippen molar-refractivity contribution in [2.45, 2.75) is 26.4 Å². The van der Waals surface area contributed by atoms with Gasteiger partial charge in [0.2, 0.25) is 11.8 Å². The van der Waals surface area contributed by atoms with E-state index < -0.39 is 6.04 Å². The fourth-order valence-electron chi connectivity index (χ4n) is 2.79. The lowest BCUT2D eigenvalue weighted by Crippen LogP contribution is -2.47. The van der Waals surface area contributed by atoms with E-state index in [0.29, 0.717) is 6.54 Å². The summed E-state index contributed by atoms with van der Waals surface area (Å²) in [5, 5.41) is 5.35. The van der Waals surface area contributed by atoms with Crippen LogP contribution in [-0.4, -0.2) is 34.0 Å². The fraction of sp³-hybridized carbons (Fsp3) is 0.286. The van der Waals surface area contributed by atoms with E-state index in [1.54, 1.807) is 6.33 Å². The van der Waals surface area contributed by atoms with Crippen LogP contribution in [0, 0.1) is 5.92 Å². The normalized spacial score (nSPS) is 11.7. The standard InChI is InChI=1S/C21H25N5O2.ClH/c1-14(2)20(22)21(28)24-12-19(27)23-11-15-7-9-16(10-8-15)26-13-25-17-5-3-4-6-18(17)26;/h3-10,13-14,20H,11-12,22H2,1-2H3,(H,23,27)(H,24,28);1H/t20-;/m0./s1. The predicted molar refractivity (Wildman–Crippen MR) is 116 cm³/mol. The molecule has 0 fully saturated rings. The van der Waals surface area contributed by atoms with Crippen LogP contribution in [0.1, 0.15) is 19.4 Å². The van der Waals surface area contributed by atoms with E-state index in [1.807, 2.05) is 66.9 Å². The van der Waals surface area contributed by atoms with Crippen LogP contribution in [0.25, 0.3) is 16.7 Å². The lowest BCUT2D eigenvalue weighted by Gasteiger charge is -2.15. The summed E-state index contributed by atoms with van der Waals surface area (Å²) in [7, 11) is 0. The Morgan fingerprint density at radius 3 is 2.45 bits per heavy atom. The molecule has 154 valence electrons. The van der Waals surface area contributed by atoms with Crippen molar-refractivity contribution in [1.82, 2.24) is 20.2 Å². The molecule has 2 aromatic carbocycles. The molecule has 0 saturated carbocycles. The second-order valence-corrected chi connectivity index (χ2v) is 7.03. The molecule has 8 heteroatoms. The summed E-state index contributed by atoms with van der Waals surface area (Å²) in [6.45, 7) is 4.02. The van der Waals surface area contributed by atoms with Gasteiger partial charge in [-0.1, -0.05) is 38.1 Å². The van der Waals surface area contributed by atoms with Crippen molar-refractivity contribution < 1.29 is 9.59 Å². The molecule has 0 bridgehead atoms. The third-order valence-corrected chi connectivity index (χ3v) is 4.60. The molecule has 0 spiro atoms. The number of halogens is 1. The quantitative estimate of drug-likeness (QED) is 0.550. The molecule has 4 N–H and O–H groups in total. The Morgan fingerprint density at radius 2 is 1.76 bits per heavy atom. The van der Waals surface area contributed by atoms with Crippen molar-refractivity contribution >= 4 is 35.3 Å². The highest BCUT2D eigenvalue weighted by atomic mass is 35.5. The van der Waals surface area contributed by atoms with E-state index in [2.05, 4.69) is 15.6 Å². The van der Waals surface area contributed by atoms with Gasteiger partial charge in [-0.15, -0.1) is 12.4 Å². The molecule has 7 nitrogen and oxygen atoms in total. The SMILES string of the molecule is CC(C)[C@H](N)C(=O)NCC(=O)NCc1ccc(-n2cnc3ccccc32)cc1.Cl. The number of imidazole rings is 1. The van der Waals surface area contributed by atoms with Crippen LogP contribution >= 0.6 is 12.4 Å². The topological polar surface area (TPSA) is 102 Å². The zero-order valence-electron chi connectivity index (χ0n) is 16.5. The Hall–Kier alpha value is -2.90. The number of amides is 2. The molecule has 3 aromatic rings. The van der Waals surface area contributed by atoms with Gasteiger partial charge in [-0.3, -0.25) is 14.2 Å². The van der Waals surface area contributed by atoms with Crippen LogP contribution in [0.4, 0.5) is 0 Å². The molecule has 0 unspecified atom stereocenters. The third kappa shape index (κ3) is 5.56. The summed E-state index contributed by atoms with van der Waals surface area (Å²) in [6.07, 6.45) is 1.80. The van der Waals surface area contributed by atoms with Gasteiger partial charge in [0, 0.05) is 12.2 Å². The van der Waals surface area contributed by atoms with Crippen LogP contribution in [0.5, 0.6) is 0 Å². The van der Waals surface area contributed by atoms with Crippen molar-refractivity contribution in [2.75, 3.05) is 6.54 Å². The van der Waals surface area contributed by atoms with Gasteiger partial charge < -0.3 is 16.4 Å². The van der Waals surface area contributed by atoms with Crippen LogP contribution in [0.2, 0.25) is 0 Å². The summed E-state index contributed by atoms with van der Waals surface area (Å²) in [4.78, 5) is 28.1. The predicted octanol–water partition coefficient (Wildman–Crippen LogP) is 2.16. The highest BCUT2D eigenvalue weighted by Crippen LogP contribution is 2.18. The first-order valence-electron chi connectivity index (χ1n) is 9.27. The lowest BCUT2D eigenvalue weighted by atomic mass is 10.1. The maximum absolute atomic E-state index is 11.9. The number of rotatable bonds is 7. The molecule has 1 heterocycles. The number of nitrogens with zero attached hydrogens (tertiary/aromatic N) is 2. The average molecular weight is 416 g/mol. The largest absolute Gasteiger partial charge is 0.350 e. The van der Waals surface area contributed by atoms with Gasteiger partial charge in [-0.25, -0.2) is 4.98 Å². The maximum atomic E-state index is 11.9. The fourth-order valence-corrected chi connectivity index (χ4v) is 2.79. The van der Waals surface area contributed by atoms with E-state index in [-0.39, 0.29) is 36.7 Å². The van der Waals surface area contributed by atoms with Crippen LogP contribution in [0.3, 0.4) is 0 Å². The van der Waals surface area contributed by atoms with E-state index >= 15 is 0 Å². The number of carbonyl (C=O) groups excluding carboxylic acids is 2. The van der Waals surface area contributed by atoms with Gasteiger partial charge in [-0.2, -0.15) is 0 Å². The Morgan fingerprint density at radius 1 is 1.07 bits per heavy atom. The highest BCUT2D eigenvalue weighted by molar-refractivity contribution is 5.87. The minimum absolute atomic E-state index is 0. The van der Waals surface area contributed by atoms with Crippen molar-refractivity contribution in [1.29, 1.82) is 0 Å². The van der Waals surface area contributed by atoms with Crippen LogP contribution in [-0.2, 0) is 16.1 Å². The number of benzene rings is 2. The van der Waals surface area contributed by atoms with E-state index in [4.69, 9.17) is 5.73 Å². The number of para-hydroxylation sites is 2. The molecule has 1 aromatic heterocycles. The summed E-state index contributed by atoms with van der Waals surface area (Å²) in [6, 6.07) is 15.2. The van der Waals surface area contributed by atoms with E-state index in [9.17, 15) is 9.59 Å². The summed E-state index contributed by atoms with van der Waals surface area (Å²) in [5.41, 5.74) is 9.70. The van der Waals surface area contributed by atoms with Crippen molar-refractivity contribution in [3.05, 3.63) is 60.4 Å². The van der Waals surface area contributed by atoms with Crippen molar-refractivity contribution in [2.24, 2.45) is 11.7 Å². The Balaban J connectivity index is 0.00000300. The maximum Gasteiger partial charge on any atom is 0.239 e. The first kappa shape index (κ1) is 22.4. The molecular formula is C21H26ClN5O2. The number of fused-ring (bicyclic) bond motifs is 1. The number of hydrogen-bond donors (Lipinski definition) is 3. The molecule has 0 aliphatic heterocycles. The van der Waals surface area contributed by atoms with Gasteiger partial charge in [-0.05, 0) is 35.7 Å². The molecule has 1 atom stereocenters. The Bertz CT molecular complexity index is 969. The first-order valence-corrected chi connectivity index (χ1v) is 9.27. The van der Waals surface area contributed by atoms with Gasteiger partial charge in [0.15, 0.2) is 0 Å².